The van der Waals surface area contributed by atoms with E-state index < -0.39 is 4.92 Å². The summed E-state index contributed by atoms with van der Waals surface area (Å²) in [5, 5.41) is 20.8. The van der Waals surface area contributed by atoms with Gasteiger partial charge in [0, 0.05) is 23.1 Å². The number of hydrogen-bond donors (Lipinski definition) is 1. The lowest BCUT2D eigenvalue weighted by Crippen LogP contribution is -1.86. The van der Waals surface area contributed by atoms with E-state index in [0.29, 0.717) is 16.7 Å². The number of non-ortho nitro benzene ring substituents is 1. The second-order valence-electron chi connectivity index (χ2n) is 4.41. The molecular weight excluding hydrogens is 258 g/mol. The molecule has 1 heterocycles. The molecule has 0 unspecified atom stereocenters. The Hall–Kier alpha value is -2.66. The molecule has 0 aliphatic heterocycles. The Morgan fingerprint density at radius 1 is 1.15 bits per heavy atom. The minimum absolute atomic E-state index is 0.0280. The fraction of sp³-hybridized carbons (Fsp3) is 0.0667. The third-order valence-corrected chi connectivity index (χ3v) is 3.16. The molecular formula is C15H11NO4. The fourth-order valence-corrected chi connectivity index (χ4v) is 2.18. The van der Waals surface area contributed by atoms with Crippen molar-refractivity contribution in [2.24, 2.45) is 0 Å². The summed E-state index contributed by atoms with van der Waals surface area (Å²) in [6.07, 6.45) is 0. The molecule has 0 spiro atoms. The molecule has 0 aliphatic carbocycles. The van der Waals surface area contributed by atoms with Crippen LogP contribution in [0, 0.1) is 10.1 Å². The zero-order chi connectivity index (χ0) is 14.1. The summed E-state index contributed by atoms with van der Waals surface area (Å²) >= 11 is 0. The van der Waals surface area contributed by atoms with E-state index in [0.717, 1.165) is 11.1 Å². The van der Waals surface area contributed by atoms with Crippen LogP contribution in [0.4, 0.5) is 5.69 Å². The van der Waals surface area contributed by atoms with E-state index in [2.05, 4.69) is 0 Å². The lowest BCUT2D eigenvalue weighted by molar-refractivity contribution is -0.384. The Morgan fingerprint density at radius 2 is 1.95 bits per heavy atom. The molecule has 3 rings (SSSR count). The van der Waals surface area contributed by atoms with Gasteiger partial charge in [0.25, 0.3) is 5.69 Å². The standard InChI is InChI=1S/C15H11NO4/c17-9-10-3-1-2-4-13(10)15-8-11-7-12(16(18)19)5-6-14(11)20-15/h1-8,17H,9H2. The molecule has 3 aromatic rings. The van der Waals surface area contributed by atoms with Gasteiger partial charge in [-0.05, 0) is 17.7 Å². The van der Waals surface area contributed by atoms with Crippen molar-refractivity contribution < 1.29 is 14.4 Å². The SMILES string of the molecule is O=[N+]([O-])c1ccc2oc(-c3ccccc3CO)cc2c1. The fourth-order valence-electron chi connectivity index (χ4n) is 2.18. The summed E-state index contributed by atoms with van der Waals surface area (Å²) in [5.41, 5.74) is 2.15. The highest BCUT2D eigenvalue weighted by molar-refractivity contribution is 5.85. The highest BCUT2D eigenvalue weighted by Gasteiger charge is 2.13. The summed E-state index contributed by atoms with van der Waals surface area (Å²) in [6, 6.07) is 13.6. The van der Waals surface area contributed by atoms with Crippen LogP contribution in [-0.2, 0) is 6.61 Å². The first kappa shape index (κ1) is 12.4. The van der Waals surface area contributed by atoms with Crippen molar-refractivity contribution in [2.45, 2.75) is 6.61 Å². The van der Waals surface area contributed by atoms with Gasteiger partial charge in [0.2, 0.25) is 0 Å². The van der Waals surface area contributed by atoms with E-state index >= 15 is 0 Å². The second kappa shape index (κ2) is 4.79. The zero-order valence-electron chi connectivity index (χ0n) is 10.4. The van der Waals surface area contributed by atoms with Gasteiger partial charge in [-0.1, -0.05) is 24.3 Å². The molecule has 1 N–H and O–H groups in total. The van der Waals surface area contributed by atoms with Gasteiger partial charge in [-0.2, -0.15) is 0 Å². The smallest absolute Gasteiger partial charge is 0.270 e. The van der Waals surface area contributed by atoms with Crippen molar-refractivity contribution in [2.75, 3.05) is 0 Å². The average molecular weight is 269 g/mol. The molecule has 0 aliphatic rings. The Balaban J connectivity index is 2.15. The Bertz CT molecular complexity index is 791. The van der Waals surface area contributed by atoms with Crippen LogP contribution in [-0.4, -0.2) is 10.0 Å². The minimum Gasteiger partial charge on any atom is -0.456 e. The molecule has 0 atom stereocenters. The van der Waals surface area contributed by atoms with Crippen molar-refractivity contribution in [3.8, 4) is 11.3 Å². The van der Waals surface area contributed by atoms with Gasteiger partial charge in [-0.15, -0.1) is 0 Å². The Kier molecular flexibility index (Phi) is 2.96. The second-order valence-corrected chi connectivity index (χ2v) is 4.41. The minimum atomic E-state index is -0.437. The topological polar surface area (TPSA) is 76.5 Å². The van der Waals surface area contributed by atoms with Crippen LogP contribution in [0.2, 0.25) is 0 Å². The molecule has 0 fully saturated rings. The van der Waals surface area contributed by atoms with Crippen molar-refractivity contribution >= 4 is 16.7 Å². The number of nitro groups is 1. The number of fused-ring (bicyclic) bond motifs is 1. The Morgan fingerprint density at radius 3 is 2.70 bits per heavy atom. The molecule has 0 radical (unpaired) electrons. The summed E-state index contributed by atoms with van der Waals surface area (Å²) in [5.74, 6) is 0.588. The first-order valence-corrected chi connectivity index (χ1v) is 6.06. The first-order chi connectivity index (χ1) is 9.69. The van der Waals surface area contributed by atoms with Crippen molar-refractivity contribution in [3.05, 3.63) is 64.2 Å². The van der Waals surface area contributed by atoms with E-state index in [1.54, 1.807) is 12.1 Å². The molecule has 0 saturated carbocycles. The Labute approximate surface area is 114 Å². The number of aliphatic hydroxyl groups excluding tert-OH is 1. The molecule has 20 heavy (non-hydrogen) atoms. The quantitative estimate of drug-likeness (QED) is 0.583. The van der Waals surface area contributed by atoms with Crippen LogP contribution < -0.4 is 0 Å². The summed E-state index contributed by atoms with van der Waals surface area (Å²) in [6.45, 7) is -0.0899. The predicted molar refractivity (Wildman–Crippen MR) is 74.2 cm³/mol. The lowest BCUT2D eigenvalue weighted by atomic mass is 10.1. The van der Waals surface area contributed by atoms with E-state index in [9.17, 15) is 15.2 Å². The van der Waals surface area contributed by atoms with Crippen LogP contribution in [0.25, 0.3) is 22.3 Å². The molecule has 2 aromatic carbocycles. The summed E-state index contributed by atoms with van der Waals surface area (Å²) in [7, 11) is 0. The maximum atomic E-state index is 10.8. The summed E-state index contributed by atoms with van der Waals surface area (Å²) < 4.78 is 5.70. The number of aliphatic hydroxyl groups is 1. The van der Waals surface area contributed by atoms with Crippen LogP contribution in [0.3, 0.4) is 0 Å². The van der Waals surface area contributed by atoms with Gasteiger partial charge < -0.3 is 9.52 Å². The third kappa shape index (κ3) is 2.04. The van der Waals surface area contributed by atoms with Crippen molar-refractivity contribution in [1.29, 1.82) is 0 Å². The van der Waals surface area contributed by atoms with Crippen LogP contribution >= 0.6 is 0 Å². The first-order valence-electron chi connectivity index (χ1n) is 6.06. The maximum absolute atomic E-state index is 10.8. The number of nitrogens with zero attached hydrogens (tertiary/aromatic N) is 1. The zero-order valence-corrected chi connectivity index (χ0v) is 10.4. The normalized spacial score (nSPS) is 10.8. The van der Waals surface area contributed by atoms with Crippen molar-refractivity contribution in [3.63, 3.8) is 0 Å². The highest BCUT2D eigenvalue weighted by atomic mass is 16.6. The third-order valence-electron chi connectivity index (χ3n) is 3.16. The van der Waals surface area contributed by atoms with Gasteiger partial charge in [-0.3, -0.25) is 10.1 Å². The molecule has 0 bridgehead atoms. The molecule has 0 amide bonds. The van der Waals surface area contributed by atoms with E-state index in [4.69, 9.17) is 4.42 Å². The molecule has 100 valence electrons. The van der Waals surface area contributed by atoms with Crippen LogP contribution in [0.1, 0.15) is 5.56 Å². The van der Waals surface area contributed by atoms with Crippen LogP contribution in [0.5, 0.6) is 0 Å². The monoisotopic (exact) mass is 269 g/mol. The number of furan rings is 1. The number of nitro benzene ring substituents is 1. The van der Waals surface area contributed by atoms with E-state index in [-0.39, 0.29) is 12.3 Å². The lowest BCUT2D eigenvalue weighted by Gasteiger charge is -2.02. The van der Waals surface area contributed by atoms with E-state index in [1.165, 1.54) is 12.1 Å². The molecule has 5 nitrogen and oxygen atoms in total. The predicted octanol–water partition coefficient (Wildman–Crippen LogP) is 3.50. The number of hydrogen-bond acceptors (Lipinski definition) is 4. The number of rotatable bonds is 3. The molecule has 0 saturated heterocycles. The van der Waals surface area contributed by atoms with Gasteiger partial charge in [0.05, 0.1) is 11.5 Å². The van der Waals surface area contributed by atoms with E-state index in [1.807, 2.05) is 24.3 Å². The highest BCUT2D eigenvalue weighted by Crippen LogP contribution is 2.31. The largest absolute Gasteiger partial charge is 0.456 e. The molecule has 5 heteroatoms. The van der Waals surface area contributed by atoms with Gasteiger partial charge in [0.15, 0.2) is 0 Å². The van der Waals surface area contributed by atoms with Crippen molar-refractivity contribution in [1.82, 2.24) is 0 Å². The number of benzene rings is 2. The van der Waals surface area contributed by atoms with Gasteiger partial charge in [-0.25, -0.2) is 0 Å². The van der Waals surface area contributed by atoms with Gasteiger partial charge >= 0.3 is 0 Å². The average Bonchev–Trinajstić information content (AvgIpc) is 2.89. The van der Waals surface area contributed by atoms with Gasteiger partial charge in [0.1, 0.15) is 11.3 Å². The maximum Gasteiger partial charge on any atom is 0.270 e. The summed E-state index contributed by atoms with van der Waals surface area (Å²) in [4.78, 5) is 10.3. The molecule has 1 aromatic heterocycles. The van der Waals surface area contributed by atoms with Crippen LogP contribution in [0.15, 0.2) is 52.9 Å².